The van der Waals surface area contributed by atoms with Crippen molar-refractivity contribution in [3.8, 4) is 0 Å². The van der Waals surface area contributed by atoms with Crippen LogP contribution < -0.4 is 5.73 Å². The molecule has 2 N–H and O–H groups in total. The highest BCUT2D eigenvalue weighted by Crippen LogP contribution is 2.18. The Bertz CT molecular complexity index is 756. The molecule has 20 heavy (non-hydrogen) atoms. The molecule has 0 aliphatic carbocycles. The van der Waals surface area contributed by atoms with Crippen molar-refractivity contribution in [3.05, 3.63) is 70.7 Å². The maximum Gasteiger partial charge on any atom is 0.137 e. The van der Waals surface area contributed by atoms with Crippen LogP contribution in [0.15, 0.2) is 42.6 Å². The Morgan fingerprint density at radius 2 is 1.90 bits per heavy atom. The van der Waals surface area contributed by atoms with Crippen molar-refractivity contribution in [1.29, 1.82) is 0 Å². The van der Waals surface area contributed by atoms with Gasteiger partial charge >= 0.3 is 0 Å². The van der Waals surface area contributed by atoms with Crippen molar-refractivity contribution in [2.24, 2.45) is 5.73 Å². The lowest BCUT2D eigenvalue weighted by atomic mass is 10.1. The first-order valence-corrected chi connectivity index (χ1v) is 6.89. The molecule has 0 aliphatic heterocycles. The smallest absolute Gasteiger partial charge is 0.137 e. The van der Waals surface area contributed by atoms with Crippen LogP contribution in [-0.4, -0.2) is 9.38 Å². The van der Waals surface area contributed by atoms with Crippen LogP contribution in [0.5, 0.6) is 0 Å². The Morgan fingerprint density at radius 3 is 2.65 bits per heavy atom. The van der Waals surface area contributed by atoms with Gasteiger partial charge in [-0.2, -0.15) is 0 Å². The number of pyridine rings is 1. The largest absolute Gasteiger partial charge is 0.325 e. The number of fused-ring (bicyclic) bond motifs is 1. The summed E-state index contributed by atoms with van der Waals surface area (Å²) in [6.45, 7) is 4.70. The van der Waals surface area contributed by atoms with Gasteiger partial charge in [-0.05, 0) is 37.1 Å². The summed E-state index contributed by atoms with van der Waals surface area (Å²) in [7, 11) is 0. The second kappa shape index (κ2) is 5.10. The van der Waals surface area contributed by atoms with Crippen LogP contribution in [0.4, 0.5) is 0 Å². The molecule has 3 rings (SSSR count). The molecule has 0 atom stereocenters. The van der Waals surface area contributed by atoms with E-state index in [-0.39, 0.29) is 0 Å². The molecule has 0 amide bonds. The lowest BCUT2D eigenvalue weighted by Crippen LogP contribution is -2.04. The zero-order valence-corrected chi connectivity index (χ0v) is 11.9. The number of imidazole rings is 1. The first-order valence-electron chi connectivity index (χ1n) is 6.89. The topological polar surface area (TPSA) is 43.3 Å². The van der Waals surface area contributed by atoms with Crippen LogP contribution in [0.3, 0.4) is 0 Å². The average Bonchev–Trinajstić information content (AvgIpc) is 2.74. The monoisotopic (exact) mass is 265 g/mol. The Labute approximate surface area is 119 Å². The van der Waals surface area contributed by atoms with Gasteiger partial charge in [-0.3, -0.25) is 0 Å². The van der Waals surface area contributed by atoms with Gasteiger partial charge in [0, 0.05) is 19.2 Å². The van der Waals surface area contributed by atoms with Gasteiger partial charge in [-0.1, -0.05) is 29.8 Å². The SMILES string of the molecule is Cc1cccc(Cc2nc3cc(C)ccn3c2CN)c1. The Morgan fingerprint density at radius 1 is 1.10 bits per heavy atom. The summed E-state index contributed by atoms with van der Waals surface area (Å²) in [6, 6.07) is 12.7. The van der Waals surface area contributed by atoms with E-state index in [0.717, 1.165) is 23.5 Å². The molecule has 2 heterocycles. The number of nitrogens with zero attached hydrogens (tertiary/aromatic N) is 2. The van der Waals surface area contributed by atoms with Crippen LogP contribution in [0.25, 0.3) is 5.65 Å². The average molecular weight is 265 g/mol. The summed E-state index contributed by atoms with van der Waals surface area (Å²) < 4.78 is 2.10. The highest BCUT2D eigenvalue weighted by molar-refractivity contribution is 5.46. The number of hydrogen-bond acceptors (Lipinski definition) is 2. The minimum atomic E-state index is 0.505. The van der Waals surface area contributed by atoms with Crippen molar-refractivity contribution < 1.29 is 0 Å². The van der Waals surface area contributed by atoms with Crippen molar-refractivity contribution >= 4 is 5.65 Å². The highest BCUT2D eigenvalue weighted by Gasteiger charge is 2.11. The second-order valence-electron chi connectivity index (χ2n) is 5.31. The van der Waals surface area contributed by atoms with Gasteiger partial charge in [0.1, 0.15) is 5.65 Å². The third-order valence-electron chi connectivity index (χ3n) is 3.61. The molecule has 0 spiro atoms. The van der Waals surface area contributed by atoms with Crippen LogP contribution in [0.2, 0.25) is 0 Å². The summed E-state index contributed by atoms with van der Waals surface area (Å²) in [5.41, 5.74) is 12.8. The van der Waals surface area contributed by atoms with Crippen LogP contribution in [-0.2, 0) is 13.0 Å². The third kappa shape index (κ3) is 2.32. The first kappa shape index (κ1) is 12.9. The molecule has 0 bridgehead atoms. The van der Waals surface area contributed by atoms with Gasteiger partial charge in [0.15, 0.2) is 0 Å². The highest BCUT2D eigenvalue weighted by atomic mass is 15.0. The molecule has 2 aromatic heterocycles. The van der Waals surface area contributed by atoms with Crippen LogP contribution in [0.1, 0.15) is 28.1 Å². The molecule has 0 unspecified atom stereocenters. The molecule has 102 valence electrons. The molecule has 0 aliphatic rings. The van der Waals surface area contributed by atoms with Gasteiger partial charge in [-0.25, -0.2) is 4.98 Å². The Balaban J connectivity index is 2.06. The number of benzene rings is 1. The van der Waals surface area contributed by atoms with E-state index in [1.165, 1.54) is 16.7 Å². The summed E-state index contributed by atoms with van der Waals surface area (Å²) in [5.74, 6) is 0. The molecule has 3 aromatic rings. The van der Waals surface area contributed by atoms with E-state index in [4.69, 9.17) is 10.7 Å². The molecular formula is C17H19N3. The van der Waals surface area contributed by atoms with E-state index < -0.39 is 0 Å². The zero-order chi connectivity index (χ0) is 14.1. The molecule has 1 aromatic carbocycles. The first-order chi connectivity index (χ1) is 9.67. The number of nitrogens with two attached hydrogens (primary N) is 1. The fourth-order valence-electron chi connectivity index (χ4n) is 2.62. The molecule has 0 fully saturated rings. The zero-order valence-electron chi connectivity index (χ0n) is 11.9. The van der Waals surface area contributed by atoms with Crippen molar-refractivity contribution in [2.45, 2.75) is 26.8 Å². The molecule has 0 saturated carbocycles. The number of aromatic nitrogens is 2. The van der Waals surface area contributed by atoms with Gasteiger partial charge in [-0.15, -0.1) is 0 Å². The Kier molecular flexibility index (Phi) is 3.28. The summed E-state index contributed by atoms with van der Waals surface area (Å²) >= 11 is 0. The standard InChI is InChI=1S/C17H19N3/c1-12-4-3-5-14(8-12)10-15-16(11-18)20-7-6-13(2)9-17(20)19-15/h3-9H,10-11,18H2,1-2H3. The van der Waals surface area contributed by atoms with E-state index in [2.05, 4.69) is 60.8 Å². The lowest BCUT2D eigenvalue weighted by molar-refractivity contribution is 0.924. The maximum absolute atomic E-state index is 5.92. The Hall–Kier alpha value is -2.13. The normalized spacial score (nSPS) is 11.2. The minimum Gasteiger partial charge on any atom is -0.325 e. The van der Waals surface area contributed by atoms with E-state index in [1.54, 1.807) is 0 Å². The van der Waals surface area contributed by atoms with Gasteiger partial charge < -0.3 is 10.1 Å². The van der Waals surface area contributed by atoms with E-state index in [9.17, 15) is 0 Å². The molecule has 0 saturated heterocycles. The number of hydrogen-bond donors (Lipinski definition) is 1. The van der Waals surface area contributed by atoms with Gasteiger partial charge in [0.05, 0.1) is 11.4 Å². The fourth-order valence-corrected chi connectivity index (χ4v) is 2.62. The summed E-state index contributed by atoms with van der Waals surface area (Å²) in [4.78, 5) is 4.75. The van der Waals surface area contributed by atoms with Crippen molar-refractivity contribution in [1.82, 2.24) is 9.38 Å². The van der Waals surface area contributed by atoms with Crippen LogP contribution in [0, 0.1) is 13.8 Å². The van der Waals surface area contributed by atoms with Gasteiger partial charge in [0.25, 0.3) is 0 Å². The van der Waals surface area contributed by atoms with E-state index in [0.29, 0.717) is 6.54 Å². The number of rotatable bonds is 3. The molecule has 3 nitrogen and oxygen atoms in total. The number of aryl methyl sites for hydroxylation is 2. The quantitative estimate of drug-likeness (QED) is 0.791. The molecule has 0 radical (unpaired) electrons. The van der Waals surface area contributed by atoms with Gasteiger partial charge in [0.2, 0.25) is 0 Å². The fraction of sp³-hybridized carbons (Fsp3) is 0.235. The lowest BCUT2D eigenvalue weighted by Gasteiger charge is -2.03. The van der Waals surface area contributed by atoms with Crippen LogP contribution >= 0.6 is 0 Å². The summed E-state index contributed by atoms with van der Waals surface area (Å²) in [6.07, 6.45) is 2.88. The molecular weight excluding hydrogens is 246 g/mol. The van der Waals surface area contributed by atoms with Crippen molar-refractivity contribution in [2.75, 3.05) is 0 Å². The van der Waals surface area contributed by atoms with E-state index >= 15 is 0 Å². The minimum absolute atomic E-state index is 0.505. The third-order valence-corrected chi connectivity index (χ3v) is 3.61. The van der Waals surface area contributed by atoms with Crippen molar-refractivity contribution in [3.63, 3.8) is 0 Å². The maximum atomic E-state index is 5.92. The second-order valence-corrected chi connectivity index (χ2v) is 5.31. The summed E-state index contributed by atoms with van der Waals surface area (Å²) in [5, 5.41) is 0. The van der Waals surface area contributed by atoms with E-state index in [1.807, 2.05) is 0 Å². The predicted octanol–water partition coefficient (Wildman–Crippen LogP) is 3.00. The molecule has 3 heteroatoms. The predicted molar refractivity (Wildman–Crippen MR) is 81.8 cm³/mol.